The van der Waals surface area contributed by atoms with Crippen LogP contribution in [0, 0.1) is 17.3 Å². The van der Waals surface area contributed by atoms with Crippen molar-refractivity contribution >= 4 is 25.2 Å². The minimum Gasteiger partial charge on any atom is -0.496 e. The molecule has 3 aliphatic carbocycles. The van der Waals surface area contributed by atoms with Gasteiger partial charge >= 0.3 is 25.4 Å². The van der Waals surface area contributed by atoms with Gasteiger partial charge in [0.25, 0.3) is 0 Å². The Bertz CT molecular complexity index is 1210. The summed E-state index contributed by atoms with van der Waals surface area (Å²) in [6.07, 6.45) is -7.22. The highest BCUT2D eigenvalue weighted by Crippen LogP contribution is 2.65. The van der Waals surface area contributed by atoms with Gasteiger partial charge in [0.05, 0.1) is 37.8 Å². The summed E-state index contributed by atoms with van der Waals surface area (Å²) in [4.78, 5) is 37.3. The molecule has 6 atom stereocenters. The van der Waals surface area contributed by atoms with Crippen LogP contribution in [-0.2, 0) is 34.7 Å². The van der Waals surface area contributed by atoms with E-state index in [1.54, 1.807) is 19.1 Å². The predicted molar refractivity (Wildman–Crippen MR) is 147 cm³/mol. The van der Waals surface area contributed by atoms with Crippen molar-refractivity contribution in [3.8, 4) is 5.75 Å². The van der Waals surface area contributed by atoms with E-state index >= 15 is 0 Å². The van der Waals surface area contributed by atoms with Crippen LogP contribution in [-0.4, -0.2) is 69.0 Å². The van der Waals surface area contributed by atoms with Crippen molar-refractivity contribution in [2.45, 2.75) is 96.8 Å². The number of ether oxygens (including phenoxy) is 4. The number of halogens is 3. The second-order valence-corrected chi connectivity index (χ2v) is 12.1. The Morgan fingerprint density at radius 1 is 1.16 bits per heavy atom. The average molecular weight is 613 g/mol. The molecular weight excluding hydrogens is 574 g/mol. The zero-order valence-corrected chi connectivity index (χ0v) is 25.2. The number of nitrogens with one attached hydrogen (secondary N) is 1. The third kappa shape index (κ3) is 7.06. The Hall–Kier alpha value is -3.00. The average Bonchev–Trinajstić information content (AvgIpc) is 3.28. The molecule has 1 aliphatic heterocycles. The first-order valence-corrected chi connectivity index (χ1v) is 14.5. The number of benzene rings is 1. The molecule has 1 aromatic carbocycles. The van der Waals surface area contributed by atoms with Crippen molar-refractivity contribution in [1.82, 2.24) is 5.32 Å². The first-order valence-electron chi connectivity index (χ1n) is 14.5. The fraction of sp³-hybridized carbons (Fsp3) is 0.690. The van der Waals surface area contributed by atoms with Gasteiger partial charge < -0.3 is 33.6 Å². The van der Waals surface area contributed by atoms with Gasteiger partial charge in [0.1, 0.15) is 11.3 Å². The van der Waals surface area contributed by atoms with Crippen molar-refractivity contribution in [2.75, 3.05) is 13.7 Å². The lowest BCUT2D eigenvalue weighted by molar-refractivity contribution is -0.199. The van der Waals surface area contributed by atoms with Crippen LogP contribution in [0.3, 0.4) is 0 Å². The topological polar surface area (TPSA) is 119 Å². The van der Waals surface area contributed by atoms with E-state index in [0.29, 0.717) is 11.5 Å². The van der Waals surface area contributed by atoms with E-state index in [1.807, 2.05) is 6.92 Å². The fourth-order valence-electron chi connectivity index (χ4n) is 6.73. The summed E-state index contributed by atoms with van der Waals surface area (Å²) >= 11 is 0. The molecule has 1 amide bonds. The Morgan fingerprint density at radius 3 is 2.51 bits per heavy atom. The Kier molecular flexibility index (Phi) is 9.60. The molecule has 6 unspecified atom stereocenters. The van der Waals surface area contributed by atoms with Gasteiger partial charge in [-0.3, -0.25) is 4.79 Å². The standard InChI is InChI=1S/C29H39BF3NO9/c1-7-39-26(37)41-16(2)40-25(36)19-10-8-9-17(24(19)38-6)13-22(34-23(35)11-12-29(31,32)33)30-42-21-15-18-14-20(27(18,3)4)28(21,5)43-30/h8-10,16,18,20-22H,7,11-15H2,1-6H3,(H,34,35). The van der Waals surface area contributed by atoms with Gasteiger partial charge in [-0.1, -0.05) is 26.0 Å². The van der Waals surface area contributed by atoms with Gasteiger partial charge in [0.2, 0.25) is 12.2 Å². The maximum Gasteiger partial charge on any atom is 0.511 e. The fourth-order valence-corrected chi connectivity index (χ4v) is 6.73. The third-order valence-electron chi connectivity index (χ3n) is 9.04. The van der Waals surface area contributed by atoms with Crippen LogP contribution in [0.5, 0.6) is 5.75 Å². The SMILES string of the molecule is CCOC(=O)OC(C)OC(=O)c1cccc(CC(NC(=O)CCC(F)(F)F)B2OC3CC4CC(C4(C)C)C3(C)O2)c1OC. The molecule has 0 radical (unpaired) electrons. The lowest BCUT2D eigenvalue weighted by Crippen LogP contribution is -2.65. The lowest BCUT2D eigenvalue weighted by atomic mass is 9.43. The lowest BCUT2D eigenvalue weighted by Gasteiger charge is -2.64. The Balaban J connectivity index is 1.56. The number of esters is 1. The number of amides is 1. The first-order chi connectivity index (χ1) is 20.1. The highest BCUT2D eigenvalue weighted by molar-refractivity contribution is 6.48. The van der Waals surface area contributed by atoms with Crippen LogP contribution >= 0.6 is 0 Å². The zero-order valence-electron chi connectivity index (χ0n) is 25.2. The number of hydrogen-bond acceptors (Lipinski definition) is 9. The normalized spacial score (nSPS) is 26.8. The van der Waals surface area contributed by atoms with Gasteiger partial charge in [0.15, 0.2) is 0 Å². The number of rotatable bonds is 11. The van der Waals surface area contributed by atoms with Crippen molar-refractivity contribution < 1.29 is 55.8 Å². The maximum absolute atomic E-state index is 13.0. The van der Waals surface area contributed by atoms with E-state index in [1.165, 1.54) is 20.1 Å². The molecular formula is C29H39BF3NO9. The number of carbonyl (C=O) groups is 3. The predicted octanol–water partition coefficient (Wildman–Crippen LogP) is 5.01. The molecule has 1 saturated heterocycles. The summed E-state index contributed by atoms with van der Waals surface area (Å²) in [6, 6.07) is 4.68. The molecule has 10 nitrogen and oxygen atoms in total. The second-order valence-electron chi connectivity index (χ2n) is 12.1. The number of carbonyl (C=O) groups excluding carboxylic acids is 3. The molecule has 43 heavy (non-hydrogen) atoms. The summed E-state index contributed by atoms with van der Waals surface area (Å²) < 4.78 is 71.8. The summed E-state index contributed by atoms with van der Waals surface area (Å²) in [7, 11) is 0.400. The largest absolute Gasteiger partial charge is 0.511 e. The van der Waals surface area contributed by atoms with E-state index in [9.17, 15) is 27.6 Å². The Labute approximate surface area is 249 Å². The summed E-state index contributed by atoms with van der Waals surface area (Å²) in [5.74, 6) is -1.74. The third-order valence-corrected chi connectivity index (χ3v) is 9.04. The van der Waals surface area contributed by atoms with Gasteiger partial charge in [-0.15, -0.1) is 0 Å². The van der Waals surface area contributed by atoms with Gasteiger partial charge in [0, 0.05) is 13.3 Å². The molecule has 5 rings (SSSR count). The minimum atomic E-state index is -4.49. The molecule has 2 bridgehead atoms. The van der Waals surface area contributed by atoms with Gasteiger partial charge in [-0.25, -0.2) is 9.59 Å². The quantitative estimate of drug-likeness (QED) is 0.209. The number of methoxy groups -OCH3 is 1. The van der Waals surface area contributed by atoms with Crippen molar-refractivity contribution in [1.29, 1.82) is 0 Å². The van der Waals surface area contributed by atoms with Crippen LogP contribution in [0.25, 0.3) is 0 Å². The molecule has 1 N–H and O–H groups in total. The highest BCUT2D eigenvalue weighted by Gasteiger charge is 2.68. The summed E-state index contributed by atoms with van der Waals surface area (Å²) in [6.45, 7) is 9.43. The Morgan fingerprint density at radius 2 is 1.88 bits per heavy atom. The van der Waals surface area contributed by atoms with E-state index in [2.05, 4.69) is 23.9 Å². The summed E-state index contributed by atoms with van der Waals surface area (Å²) in [5.41, 5.74) is -0.101. The monoisotopic (exact) mass is 613 g/mol. The molecule has 14 heteroatoms. The van der Waals surface area contributed by atoms with Gasteiger partial charge in [-0.05, 0) is 62.0 Å². The van der Waals surface area contributed by atoms with E-state index in [0.717, 1.165) is 12.8 Å². The maximum atomic E-state index is 13.0. The van der Waals surface area contributed by atoms with Crippen LogP contribution in [0.4, 0.5) is 18.0 Å². The molecule has 3 saturated carbocycles. The minimum absolute atomic E-state index is 0.0120. The summed E-state index contributed by atoms with van der Waals surface area (Å²) in [5, 5.41) is 2.69. The van der Waals surface area contributed by atoms with Crippen molar-refractivity contribution in [3.05, 3.63) is 29.3 Å². The van der Waals surface area contributed by atoms with Gasteiger partial charge in [-0.2, -0.15) is 13.2 Å². The smallest absolute Gasteiger partial charge is 0.496 e. The number of hydrogen-bond donors (Lipinski definition) is 1. The molecule has 4 fully saturated rings. The molecule has 0 spiro atoms. The van der Waals surface area contributed by atoms with E-state index < -0.39 is 62.0 Å². The molecule has 1 heterocycles. The molecule has 0 aromatic heterocycles. The van der Waals surface area contributed by atoms with Crippen molar-refractivity contribution in [3.63, 3.8) is 0 Å². The zero-order chi connectivity index (χ0) is 31.7. The van der Waals surface area contributed by atoms with Crippen LogP contribution in [0.1, 0.15) is 76.2 Å². The molecule has 1 aromatic rings. The van der Waals surface area contributed by atoms with E-state index in [4.69, 9.17) is 23.5 Å². The van der Waals surface area contributed by atoms with Crippen LogP contribution in [0.2, 0.25) is 0 Å². The molecule has 4 aliphatic rings. The number of para-hydroxylation sites is 1. The number of alkyl halides is 3. The van der Waals surface area contributed by atoms with Crippen molar-refractivity contribution in [2.24, 2.45) is 17.3 Å². The highest BCUT2D eigenvalue weighted by atomic mass is 19.4. The second kappa shape index (κ2) is 12.5. The molecule has 238 valence electrons. The van der Waals surface area contributed by atoms with Crippen LogP contribution < -0.4 is 10.1 Å². The van der Waals surface area contributed by atoms with Crippen LogP contribution in [0.15, 0.2) is 18.2 Å². The first kappa shape index (κ1) is 32.9. The van der Waals surface area contributed by atoms with E-state index in [-0.39, 0.29) is 41.8 Å².